The van der Waals surface area contributed by atoms with Crippen LogP contribution < -0.4 is 0 Å². The Balaban J connectivity index is 1.75. The molecule has 2 aliphatic heterocycles. The topological polar surface area (TPSA) is 9.23 Å². The highest BCUT2D eigenvalue weighted by Gasteiger charge is 2.65. The maximum atomic E-state index is 5.44. The van der Waals surface area contributed by atoms with Crippen LogP contribution in [-0.2, 0) is 4.74 Å². The molecule has 0 N–H and O–H groups in total. The minimum absolute atomic E-state index is 1.02. The lowest BCUT2D eigenvalue weighted by Gasteiger charge is -2.26. The molecule has 12 heavy (non-hydrogen) atoms. The van der Waals surface area contributed by atoms with E-state index >= 15 is 0 Å². The maximum absolute atomic E-state index is 5.44. The average molecular weight is 168 g/mol. The number of ether oxygens (including phenoxy) is 1. The summed E-state index contributed by atoms with van der Waals surface area (Å²) in [6, 6.07) is 2.12. The SMILES string of the molecule is C1CCC2C(C1)[N+]21CCOCC1. The molecule has 0 amide bonds. The summed E-state index contributed by atoms with van der Waals surface area (Å²) < 4.78 is 6.89. The van der Waals surface area contributed by atoms with Crippen LogP contribution in [0.25, 0.3) is 0 Å². The second-order valence-corrected chi connectivity index (χ2v) is 4.58. The summed E-state index contributed by atoms with van der Waals surface area (Å²) >= 11 is 0. The van der Waals surface area contributed by atoms with E-state index in [0.29, 0.717) is 0 Å². The third-order valence-corrected chi connectivity index (χ3v) is 4.23. The first-order chi connectivity index (χ1) is 5.93. The molecule has 0 radical (unpaired) electrons. The predicted molar refractivity (Wildman–Crippen MR) is 46.9 cm³/mol. The third-order valence-electron chi connectivity index (χ3n) is 4.23. The number of quaternary nitrogens is 1. The van der Waals surface area contributed by atoms with Crippen molar-refractivity contribution in [3.8, 4) is 0 Å². The van der Waals surface area contributed by atoms with Crippen molar-refractivity contribution < 1.29 is 9.22 Å². The molecule has 2 heterocycles. The zero-order valence-corrected chi connectivity index (χ0v) is 7.67. The lowest BCUT2D eigenvalue weighted by molar-refractivity contribution is -0.836. The van der Waals surface area contributed by atoms with Crippen molar-refractivity contribution in [2.45, 2.75) is 37.8 Å². The van der Waals surface area contributed by atoms with Crippen LogP contribution in [-0.4, -0.2) is 42.9 Å². The molecule has 1 saturated carbocycles. The van der Waals surface area contributed by atoms with E-state index < -0.39 is 0 Å². The Hall–Kier alpha value is -0.0800. The predicted octanol–water partition coefficient (Wildman–Crippen LogP) is 1.16. The molecule has 2 unspecified atom stereocenters. The lowest BCUT2D eigenvalue weighted by Crippen LogP contribution is -2.41. The minimum Gasteiger partial charge on any atom is -0.370 e. The van der Waals surface area contributed by atoms with Crippen LogP contribution in [0.15, 0.2) is 0 Å². The van der Waals surface area contributed by atoms with Crippen molar-refractivity contribution >= 4 is 0 Å². The van der Waals surface area contributed by atoms with Crippen LogP contribution in [0.4, 0.5) is 0 Å². The Bertz CT molecular complexity index is 172. The van der Waals surface area contributed by atoms with Gasteiger partial charge in [0.05, 0.1) is 13.2 Å². The molecule has 3 aliphatic rings. The molecule has 3 rings (SSSR count). The van der Waals surface area contributed by atoms with Gasteiger partial charge in [0.1, 0.15) is 25.2 Å². The summed E-state index contributed by atoms with van der Waals surface area (Å²) in [5.41, 5.74) is 0. The Kier molecular flexibility index (Phi) is 1.50. The summed E-state index contributed by atoms with van der Waals surface area (Å²) in [6.07, 6.45) is 5.99. The van der Waals surface area contributed by atoms with Crippen LogP contribution in [0.5, 0.6) is 0 Å². The zero-order chi connectivity index (χ0) is 8.02. The van der Waals surface area contributed by atoms with Crippen molar-refractivity contribution in [3.05, 3.63) is 0 Å². The van der Waals surface area contributed by atoms with Crippen molar-refractivity contribution in [1.82, 2.24) is 0 Å². The second kappa shape index (κ2) is 2.46. The molecule has 1 spiro atoms. The molecule has 68 valence electrons. The van der Waals surface area contributed by atoms with Crippen molar-refractivity contribution in [1.29, 1.82) is 0 Å². The lowest BCUT2D eigenvalue weighted by atomic mass is 10.0. The molecule has 2 atom stereocenters. The van der Waals surface area contributed by atoms with Gasteiger partial charge >= 0.3 is 0 Å². The zero-order valence-electron chi connectivity index (χ0n) is 7.67. The van der Waals surface area contributed by atoms with E-state index in [1.165, 1.54) is 43.3 Å². The molecule has 1 aliphatic carbocycles. The second-order valence-electron chi connectivity index (χ2n) is 4.58. The van der Waals surface area contributed by atoms with Gasteiger partial charge in [0.25, 0.3) is 0 Å². The summed E-state index contributed by atoms with van der Waals surface area (Å²) in [5.74, 6) is 0. The fraction of sp³-hybridized carbons (Fsp3) is 1.00. The molecule has 0 aromatic heterocycles. The van der Waals surface area contributed by atoms with Gasteiger partial charge in [0.2, 0.25) is 0 Å². The Morgan fingerprint density at radius 2 is 1.50 bits per heavy atom. The van der Waals surface area contributed by atoms with E-state index in [9.17, 15) is 0 Å². The Labute approximate surface area is 74.1 Å². The van der Waals surface area contributed by atoms with Gasteiger partial charge in [-0.3, -0.25) is 0 Å². The van der Waals surface area contributed by atoms with E-state index in [4.69, 9.17) is 4.74 Å². The van der Waals surface area contributed by atoms with Crippen molar-refractivity contribution in [2.24, 2.45) is 0 Å². The summed E-state index contributed by atoms with van der Waals surface area (Å²) in [5, 5.41) is 0. The smallest absolute Gasteiger partial charge is 0.142 e. The van der Waals surface area contributed by atoms with Crippen molar-refractivity contribution in [3.63, 3.8) is 0 Å². The maximum Gasteiger partial charge on any atom is 0.142 e. The molecule has 3 fully saturated rings. The first-order valence-electron chi connectivity index (χ1n) is 5.38. The van der Waals surface area contributed by atoms with Crippen LogP contribution in [0.3, 0.4) is 0 Å². The number of fused-ring (bicyclic) bond motifs is 3. The van der Waals surface area contributed by atoms with Gasteiger partial charge in [0, 0.05) is 12.8 Å². The highest BCUT2D eigenvalue weighted by atomic mass is 16.5. The van der Waals surface area contributed by atoms with Gasteiger partial charge in [-0.2, -0.15) is 0 Å². The summed E-state index contributed by atoms with van der Waals surface area (Å²) in [4.78, 5) is 0. The first-order valence-corrected chi connectivity index (χ1v) is 5.38. The molecule has 0 bridgehead atoms. The normalized spacial score (nSPS) is 44.0. The third kappa shape index (κ3) is 0.826. The van der Waals surface area contributed by atoms with Gasteiger partial charge in [-0.15, -0.1) is 0 Å². The van der Waals surface area contributed by atoms with E-state index in [2.05, 4.69) is 0 Å². The number of nitrogens with zero attached hydrogens (tertiary/aromatic N) is 1. The monoisotopic (exact) mass is 168 g/mol. The molecule has 2 nitrogen and oxygen atoms in total. The fourth-order valence-corrected chi connectivity index (χ4v) is 3.54. The average Bonchev–Trinajstić information content (AvgIpc) is 2.77. The highest BCUT2D eigenvalue weighted by Crippen LogP contribution is 2.49. The van der Waals surface area contributed by atoms with E-state index in [-0.39, 0.29) is 0 Å². The van der Waals surface area contributed by atoms with Gasteiger partial charge < -0.3 is 9.22 Å². The standard InChI is InChI=1S/C10H18NO/c1-2-4-10-9(3-1)11(10)5-7-12-8-6-11/h9-10H,1-8H2/q+1. The molecular formula is C10H18NO+. The number of hydrogen-bond donors (Lipinski definition) is 0. The number of rotatable bonds is 0. The Morgan fingerprint density at radius 3 is 2.08 bits per heavy atom. The van der Waals surface area contributed by atoms with E-state index in [1.54, 1.807) is 0 Å². The van der Waals surface area contributed by atoms with Gasteiger partial charge in [-0.25, -0.2) is 0 Å². The van der Waals surface area contributed by atoms with E-state index in [1.807, 2.05) is 0 Å². The fourth-order valence-electron chi connectivity index (χ4n) is 3.54. The van der Waals surface area contributed by atoms with Gasteiger partial charge in [-0.1, -0.05) is 0 Å². The molecule has 2 heteroatoms. The van der Waals surface area contributed by atoms with Crippen molar-refractivity contribution in [2.75, 3.05) is 26.3 Å². The van der Waals surface area contributed by atoms with Gasteiger partial charge in [0.15, 0.2) is 0 Å². The van der Waals surface area contributed by atoms with Crippen LogP contribution in [0.1, 0.15) is 25.7 Å². The molecule has 0 aromatic rings. The quantitative estimate of drug-likeness (QED) is 0.389. The summed E-state index contributed by atoms with van der Waals surface area (Å²) in [6.45, 7) is 4.67. The number of hydrogen-bond acceptors (Lipinski definition) is 1. The minimum atomic E-state index is 1.02. The van der Waals surface area contributed by atoms with Crippen LogP contribution >= 0.6 is 0 Å². The first kappa shape index (κ1) is 7.34. The molecular weight excluding hydrogens is 150 g/mol. The van der Waals surface area contributed by atoms with Gasteiger partial charge in [-0.05, 0) is 12.8 Å². The molecule has 0 aromatic carbocycles. The largest absolute Gasteiger partial charge is 0.370 e. The molecule has 2 saturated heterocycles. The summed E-state index contributed by atoms with van der Waals surface area (Å²) in [7, 11) is 0. The highest BCUT2D eigenvalue weighted by molar-refractivity contribution is 4.92. The van der Waals surface area contributed by atoms with Crippen LogP contribution in [0, 0.1) is 0 Å². The van der Waals surface area contributed by atoms with E-state index in [0.717, 1.165) is 25.3 Å². The number of morpholine rings is 1. The van der Waals surface area contributed by atoms with Crippen LogP contribution in [0.2, 0.25) is 0 Å². The Morgan fingerprint density at radius 1 is 0.917 bits per heavy atom.